The van der Waals surface area contributed by atoms with E-state index in [1.807, 2.05) is 45.0 Å². The minimum Gasteiger partial charge on any atom is -0.479 e. The van der Waals surface area contributed by atoms with Gasteiger partial charge in [0.25, 0.3) is 0 Å². The number of ether oxygens (including phenoxy) is 1. The summed E-state index contributed by atoms with van der Waals surface area (Å²) >= 11 is 0. The molecule has 2 atom stereocenters. The van der Waals surface area contributed by atoms with E-state index in [9.17, 15) is 14.7 Å². The number of benzene rings is 1. The number of hydrogen-bond donors (Lipinski definition) is 1. The highest BCUT2D eigenvalue weighted by atomic mass is 16.5. The molecular weight excluding hydrogens is 258 g/mol. The third-order valence-corrected chi connectivity index (χ3v) is 3.44. The van der Waals surface area contributed by atoms with E-state index in [-0.39, 0.29) is 18.6 Å². The Morgan fingerprint density at radius 1 is 1.45 bits per heavy atom. The molecule has 1 aromatic rings. The van der Waals surface area contributed by atoms with Crippen LogP contribution in [0.25, 0.3) is 0 Å². The summed E-state index contributed by atoms with van der Waals surface area (Å²) in [5.41, 5.74) is 1.81. The van der Waals surface area contributed by atoms with Gasteiger partial charge in [-0.15, -0.1) is 0 Å². The summed E-state index contributed by atoms with van der Waals surface area (Å²) < 4.78 is 5.25. The first kappa shape index (κ1) is 14.5. The summed E-state index contributed by atoms with van der Waals surface area (Å²) in [6.45, 7) is 5.51. The molecule has 0 aliphatic carbocycles. The van der Waals surface area contributed by atoms with Crippen molar-refractivity contribution in [2.45, 2.75) is 39.0 Å². The molecule has 1 aliphatic rings. The molecule has 1 aliphatic heterocycles. The predicted molar refractivity (Wildman–Crippen MR) is 73.3 cm³/mol. The maximum Gasteiger partial charge on any atom is 0.335 e. The van der Waals surface area contributed by atoms with Crippen molar-refractivity contribution in [3.8, 4) is 0 Å². The Morgan fingerprint density at radius 2 is 2.15 bits per heavy atom. The van der Waals surface area contributed by atoms with E-state index in [2.05, 4.69) is 0 Å². The first-order valence-corrected chi connectivity index (χ1v) is 6.64. The van der Waals surface area contributed by atoms with Gasteiger partial charge in [0.2, 0.25) is 5.91 Å². The van der Waals surface area contributed by atoms with Crippen LogP contribution in [0.15, 0.2) is 24.3 Å². The molecule has 1 N–H and O–H groups in total. The van der Waals surface area contributed by atoms with E-state index in [4.69, 9.17) is 4.74 Å². The fourth-order valence-electron chi connectivity index (χ4n) is 2.63. The summed E-state index contributed by atoms with van der Waals surface area (Å²) in [7, 11) is 0. The number of carboxylic acids is 1. The molecule has 2 rings (SSSR count). The van der Waals surface area contributed by atoms with Crippen molar-refractivity contribution in [2.75, 3.05) is 6.61 Å². The molecule has 5 heteroatoms. The van der Waals surface area contributed by atoms with E-state index < -0.39 is 18.1 Å². The van der Waals surface area contributed by atoms with Crippen molar-refractivity contribution in [3.05, 3.63) is 35.4 Å². The van der Waals surface area contributed by atoms with Crippen molar-refractivity contribution in [2.24, 2.45) is 0 Å². The molecule has 1 heterocycles. The van der Waals surface area contributed by atoms with Crippen molar-refractivity contribution in [1.82, 2.24) is 4.90 Å². The van der Waals surface area contributed by atoms with Crippen LogP contribution in [0.5, 0.6) is 0 Å². The lowest BCUT2D eigenvalue weighted by atomic mass is 9.95. The van der Waals surface area contributed by atoms with E-state index in [1.165, 1.54) is 0 Å². The number of amides is 1. The van der Waals surface area contributed by atoms with Gasteiger partial charge in [0.15, 0.2) is 6.10 Å². The fraction of sp³-hybridized carbons (Fsp3) is 0.467. The molecule has 20 heavy (non-hydrogen) atoms. The quantitative estimate of drug-likeness (QED) is 0.914. The van der Waals surface area contributed by atoms with Crippen LogP contribution in [0, 0.1) is 6.92 Å². The molecule has 108 valence electrons. The standard InChI is InChI=1S/C15H19NO4/c1-9(2)16-12(17)8-20-14(15(18)19)13(16)11-6-4-5-10(3)7-11/h4-7,9,13-14H,8H2,1-3H3,(H,18,19). The van der Waals surface area contributed by atoms with Crippen molar-refractivity contribution < 1.29 is 19.4 Å². The van der Waals surface area contributed by atoms with E-state index in [1.54, 1.807) is 4.90 Å². The van der Waals surface area contributed by atoms with Crippen LogP contribution in [0.4, 0.5) is 0 Å². The molecule has 0 radical (unpaired) electrons. The van der Waals surface area contributed by atoms with Gasteiger partial charge in [0.05, 0.1) is 6.04 Å². The Bertz CT molecular complexity index is 526. The van der Waals surface area contributed by atoms with E-state index in [0.717, 1.165) is 11.1 Å². The van der Waals surface area contributed by atoms with Crippen LogP contribution < -0.4 is 0 Å². The molecule has 1 aromatic carbocycles. The maximum atomic E-state index is 12.1. The molecule has 5 nitrogen and oxygen atoms in total. The number of morpholine rings is 1. The molecule has 0 bridgehead atoms. The SMILES string of the molecule is Cc1cccc(C2C(C(=O)O)OCC(=O)N2C(C)C)c1. The average Bonchev–Trinajstić information content (AvgIpc) is 2.37. The smallest absolute Gasteiger partial charge is 0.335 e. The Morgan fingerprint density at radius 3 is 2.70 bits per heavy atom. The van der Waals surface area contributed by atoms with Crippen molar-refractivity contribution in [3.63, 3.8) is 0 Å². The predicted octanol–water partition coefficient (Wildman–Crippen LogP) is 1.76. The second kappa shape index (κ2) is 5.63. The highest BCUT2D eigenvalue weighted by Gasteiger charge is 2.42. The van der Waals surface area contributed by atoms with Gasteiger partial charge in [-0.1, -0.05) is 29.8 Å². The van der Waals surface area contributed by atoms with Gasteiger partial charge >= 0.3 is 5.97 Å². The molecule has 2 unspecified atom stereocenters. The second-order valence-corrected chi connectivity index (χ2v) is 5.32. The van der Waals surface area contributed by atoms with Gasteiger partial charge < -0.3 is 14.7 Å². The maximum absolute atomic E-state index is 12.1. The zero-order valence-electron chi connectivity index (χ0n) is 11.9. The van der Waals surface area contributed by atoms with Gasteiger partial charge in [-0.2, -0.15) is 0 Å². The summed E-state index contributed by atoms with van der Waals surface area (Å²) in [5.74, 6) is -1.22. The number of carbonyl (C=O) groups excluding carboxylic acids is 1. The van der Waals surface area contributed by atoms with Crippen LogP contribution in [-0.4, -0.2) is 40.6 Å². The summed E-state index contributed by atoms with van der Waals surface area (Å²) in [4.78, 5) is 25.1. The molecule has 0 spiro atoms. The van der Waals surface area contributed by atoms with Gasteiger partial charge in [0.1, 0.15) is 6.61 Å². The number of aryl methyl sites for hydroxylation is 1. The topological polar surface area (TPSA) is 66.8 Å². The fourth-order valence-corrected chi connectivity index (χ4v) is 2.63. The zero-order chi connectivity index (χ0) is 14.9. The molecular formula is C15H19NO4. The zero-order valence-corrected chi connectivity index (χ0v) is 11.9. The van der Waals surface area contributed by atoms with E-state index in [0.29, 0.717) is 0 Å². The summed E-state index contributed by atoms with van der Waals surface area (Å²) in [5, 5.41) is 9.36. The Hall–Kier alpha value is -1.88. The Balaban J connectivity index is 2.48. The Kier molecular flexibility index (Phi) is 4.09. The number of carbonyl (C=O) groups is 2. The largest absolute Gasteiger partial charge is 0.479 e. The van der Waals surface area contributed by atoms with Crippen molar-refractivity contribution >= 4 is 11.9 Å². The normalized spacial score (nSPS) is 23.2. The summed E-state index contributed by atoms with van der Waals surface area (Å²) in [6, 6.07) is 6.86. The molecule has 1 saturated heterocycles. The van der Waals surface area contributed by atoms with Gasteiger partial charge in [-0.25, -0.2) is 4.79 Å². The lowest BCUT2D eigenvalue weighted by Crippen LogP contribution is -2.54. The van der Waals surface area contributed by atoms with Crippen LogP contribution in [-0.2, 0) is 14.3 Å². The number of hydrogen-bond acceptors (Lipinski definition) is 3. The first-order chi connectivity index (χ1) is 9.41. The Labute approximate surface area is 118 Å². The average molecular weight is 277 g/mol. The highest BCUT2D eigenvalue weighted by molar-refractivity contribution is 5.83. The summed E-state index contributed by atoms with van der Waals surface area (Å²) in [6.07, 6.45) is -1.03. The lowest BCUT2D eigenvalue weighted by molar-refractivity contribution is -0.175. The van der Waals surface area contributed by atoms with Gasteiger partial charge in [0, 0.05) is 6.04 Å². The first-order valence-electron chi connectivity index (χ1n) is 6.64. The molecule has 1 fully saturated rings. The lowest BCUT2D eigenvalue weighted by Gasteiger charge is -2.42. The van der Waals surface area contributed by atoms with Crippen molar-refractivity contribution in [1.29, 1.82) is 0 Å². The van der Waals surface area contributed by atoms with Gasteiger partial charge in [-0.05, 0) is 26.3 Å². The highest BCUT2D eigenvalue weighted by Crippen LogP contribution is 2.32. The van der Waals surface area contributed by atoms with E-state index >= 15 is 0 Å². The number of rotatable bonds is 3. The van der Waals surface area contributed by atoms with Crippen LogP contribution in [0.3, 0.4) is 0 Å². The number of carboxylic acid groups (broad SMARTS) is 1. The van der Waals surface area contributed by atoms with Crippen LogP contribution in [0.1, 0.15) is 31.0 Å². The van der Waals surface area contributed by atoms with Crippen LogP contribution in [0.2, 0.25) is 0 Å². The molecule has 1 amide bonds. The monoisotopic (exact) mass is 277 g/mol. The molecule has 0 saturated carbocycles. The molecule has 0 aromatic heterocycles. The number of nitrogens with zero attached hydrogens (tertiary/aromatic N) is 1. The third-order valence-electron chi connectivity index (χ3n) is 3.44. The minimum absolute atomic E-state index is 0.0845. The van der Waals surface area contributed by atoms with Crippen LogP contribution >= 0.6 is 0 Å². The third kappa shape index (κ3) is 2.67. The van der Waals surface area contributed by atoms with Gasteiger partial charge in [-0.3, -0.25) is 4.79 Å². The number of aliphatic carboxylic acids is 1. The minimum atomic E-state index is -1.05. The second-order valence-electron chi connectivity index (χ2n) is 5.32.